The fraction of sp³-hybridized carbons (Fsp3) is 0.471. The van der Waals surface area contributed by atoms with Crippen molar-refractivity contribution in [1.82, 2.24) is 20.8 Å². The summed E-state index contributed by atoms with van der Waals surface area (Å²) in [5, 5.41) is 9.97. The van der Waals surface area contributed by atoms with Crippen LogP contribution in [0.25, 0.3) is 0 Å². The van der Waals surface area contributed by atoms with E-state index < -0.39 is 11.6 Å². The van der Waals surface area contributed by atoms with Gasteiger partial charge in [-0.05, 0) is 12.1 Å². The van der Waals surface area contributed by atoms with E-state index in [0.29, 0.717) is 30.8 Å². The van der Waals surface area contributed by atoms with Crippen molar-refractivity contribution in [2.45, 2.75) is 32.7 Å². The molecule has 1 heterocycles. The van der Waals surface area contributed by atoms with Crippen LogP contribution in [0.1, 0.15) is 32.5 Å². The van der Waals surface area contributed by atoms with Crippen LogP contribution >= 0.6 is 24.0 Å². The lowest BCUT2D eigenvalue weighted by molar-refractivity contribution is 0.304. The third kappa shape index (κ3) is 7.27. The van der Waals surface area contributed by atoms with Gasteiger partial charge in [0.2, 0.25) is 5.89 Å². The van der Waals surface area contributed by atoms with Crippen LogP contribution in [0, 0.1) is 11.6 Å². The zero-order valence-corrected chi connectivity index (χ0v) is 18.0. The van der Waals surface area contributed by atoms with Gasteiger partial charge >= 0.3 is 0 Å². The first-order valence-electron chi connectivity index (χ1n) is 8.15. The van der Waals surface area contributed by atoms with Gasteiger partial charge in [-0.3, -0.25) is 4.99 Å². The Hall–Kier alpha value is -1.98. The molecule has 2 aromatic rings. The number of nitrogens with zero attached hydrogens (tertiary/aromatic N) is 3. The smallest absolute Gasteiger partial charge is 0.232 e. The minimum Gasteiger partial charge on any atom is -0.489 e. The summed E-state index contributed by atoms with van der Waals surface area (Å²) in [7, 11) is 1.62. The molecule has 0 saturated carbocycles. The molecule has 7 nitrogen and oxygen atoms in total. The second-order valence-corrected chi connectivity index (χ2v) is 6.54. The molecule has 0 saturated heterocycles. The Morgan fingerprint density at radius 2 is 2.00 bits per heavy atom. The fourth-order valence-corrected chi connectivity index (χ4v) is 1.94. The molecule has 0 aliphatic rings. The summed E-state index contributed by atoms with van der Waals surface area (Å²) in [5.74, 6) is 0.204. The molecule has 0 radical (unpaired) electrons. The SMILES string of the molecule is CN=C(NCCOc1ccc(F)cc1F)NCc1noc(C(C)(C)C)n1.I. The van der Waals surface area contributed by atoms with E-state index in [1.165, 1.54) is 6.07 Å². The molecule has 150 valence electrons. The molecule has 0 spiro atoms. The van der Waals surface area contributed by atoms with E-state index in [4.69, 9.17) is 9.26 Å². The minimum atomic E-state index is -0.737. The molecule has 2 rings (SSSR count). The topological polar surface area (TPSA) is 84.6 Å². The third-order valence-electron chi connectivity index (χ3n) is 3.29. The number of ether oxygens (including phenoxy) is 1. The number of benzene rings is 1. The van der Waals surface area contributed by atoms with Gasteiger partial charge in [0.15, 0.2) is 23.4 Å². The van der Waals surface area contributed by atoms with Gasteiger partial charge in [0.05, 0.1) is 13.1 Å². The number of rotatable bonds is 6. The first-order chi connectivity index (χ1) is 12.3. The van der Waals surface area contributed by atoms with Gasteiger partial charge < -0.3 is 19.9 Å². The average molecular weight is 495 g/mol. The second-order valence-electron chi connectivity index (χ2n) is 6.54. The van der Waals surface area contributed by atoms with Crippen molar-refractivity contribution < 1.29 is 18.0 Å². The highest BCUT2D eigenvalue weighted by atomic mass is 127. The summed E-state index contributed by atoms with van der Waals surface area (Å²) in [6, 6.07) is 3.17. The van der Waals surface area contributed by atoms with Gasteiger partial charge in [0.25, 0.3) is 0 Å². The van der Waals surface area contributed by atoms with Gasteiger partial charge in [-0.2, -0.15) is 4.98 Å². The Morgan fingerprint density at radius 1 is 1.26 bits per heavy atom. The Morgan fingerprint density at radius 3 is 2.59 bits per heavy atom. The summed E-state index contributed by atoms with van der Waals surface area (Å²) in [6.45, 7) is 6.86. The summed E-state index contributed by atoms with van der Waals surface area (Å²) >= 11 is 0. The van der Waals surface area contributed by atoms with E-state index in [1.807, 2.05) is 20.8 Å². The molecule has 1 aromatic carbocycles. The van der Waals surface area contributed by atoms with Gasteiger partial charge in [-0.25, -0.2) is 8.78 Å². The molecule has 27 heavy (non-hydrogen) atoms. The largest absolute Gasteiger partial charge is 0.489 e. The van der Waals surface area contributed by atoms with Crippen LogP contribution in [0.3, 0.4) is 0 Å². The van der Waals surface area contributed by atoms with Crippen molar-refractivity contribution in [2.75, 3.05) is 20.2 Å². The summed E-state index contributed by atoms with van der Waals surface area (Å²) < 4.78 is 36.8. The number of aliphatic imine (C=N–C) groups is 1. The predicted molar refractivity (Wildman–Crippen MR) is 108 cm³/mol. The zero-order chi connectivity index (χ0) is 19.2. The molecule has 0 atom stereocenters. The number of nitrogens with one attached hydrogen (secondary N) is 2. The van der Waals surface area contributed by atoms with Crippen molar-refractivity contribution in [3.05, 3.63) is 41.5 Å². The maximum atomic E-state index is 13.5. The average Bonchev–Trinajstić information content (AvgIpc) is 3.05. The maximum Gasteiger partial charge on any atom is 0.232 e. The normalized spacial score (nSPS) is 11.7. The monoisotopic (exact) mass is 495 g/mol. The molecule has 0 amide bonds. The molecule has 0 fully saturated rings. The Kier molecular flexibility index (Phi) is 8.86. The van der Waals surface area contributed by atoms with Crippen LogP contribution < -0.4 is 15.4 Å². The van der Waals surface area contributed by atoms with Gasteiger partial charge in [0.1, 0.15) is 12.4 Å². The second kappa shape index (κ2) is 10.4. The molecular formula is C17H24F2IN5O2. The lowest BCUT2D eigenvalue weighted by Crippen LogP contribution is -2.39. The van der Waals surface area contributed by atoms with Crippen LogP contribution in [0.4, 0.5) is 8.78 Å². The number of guanidine groups is 1. The molecule has 1 aromatic heterocycles. The third-order valence-corrected chi connectivity index (χ3v) is 3.29. The van der Waals surface area contributed by atoms with E-state index >= 15 is 0 Å². The van der Waals surface area contributed by atoms with E-state index in [2.05, 4.69) is 25.8 Å². The van der Waals surface area contributed by atoms with Crippen molar-refractivity contribution in [2.24, 2.45) is 4.99 Å². The van der Waals surface area contributed by atoms with Crippen LogP contribution in [-0.4, -0.2) is 36.3 Å². The summed E-state index contributed by atoms with van der Waals surface area (Å²) in [4.78, 5) is 8.38. The Bertz CT molecular complexity index is 762. The number of aromatic nitrogens is 2. The molecule has 10 heteroatoms. The van der Waals surface area contributed by atoms with Gasteiger partial charge in [-0.1, -0.05) is 25.9 Å². The van der Waals surface area contributed by atoms with Crippen molar-refractivity contribution >= 4 is 29.9 Å². The predicted octanol–water partition coefficient (Wildman–Crippen LogP) is 3.01. The summed E-state index contributed by atoms with van der Waals surface area (Å²) in [6.07, 6.45) is 0. The molecule has 2 N–H and O–H groups in total. The van der Waals surface area contributed by atoms with Crippen molar-refractivity contribution in [1.29, 1.82) is 0 Å². The lowest BCUT2D eigenvalue weighted by atomic mass is 9.97. The molecule has 0 unspecified atom stereocenters. The number of halogens is 3. The van der Waals surface area contributed by atoms with Gasteiger partial charge in [0, 0.05) is 18.5 Å². The number of hydrogen-bond acceptors (Lipinski definition) is 5. The zero-order valence-electron chi connectivity index (χ0n) is 15.7. The maximum absolute atomic E-state index is 13.5. The molecule has 0 bridgehead atoms. The van der Waals surface area contributed by atoms with Crippen molar-refractivity contribution in [3.8, 4) is 5.75 Å². The molecule has 0 aliphatic carbocycles. The highest BCUT2D eigenvalue weighted by Gasteiger charge is 2.21. The van der Waals surface area contributed by atoms with Crippen molar-refractivity contribution in [3.63, 3.8) is 0 Å². The molecular weight excluding hydrogens is 471 g/mol. The van der Waals surface area contributed by atoms with Crippen LogP contribution in [0.5, 0.6) is 5.75 Å². The lowest BCUT2D eigenvalue weighted by Gasteiger charge is -2.12. The van der Waals surface area contributed by atoms with Crippen LogP contribution in [0.15, 0.2) is 27.7 Å². The minimum absolute atomic E-state index is 0. The van der Waals surface area contributed by atoms with Crippen LogP contribution in [-0.2, 0) is 12.0 Å². The van der Waals surface area contributed by atoms with Gasteiger partial charge in [-0.15, -0.1) is 24.0 Å². The molecule has 0 aliphatic heterocycles. The summed E-state index contributed by atoms with van der Waals surface area (Å²) in [5.41, 5.74) is -0.210. The van der Waals surface area contributed by atoms with E-state index in [-0.39, 0.29) is 41.7 Å². The fourth-order valence-electron chi connectivity index (χ4n) is 1.94. The first kappa shape index (κ1) is 23.1. The van der Waals surface area contributed by atoms with E-state index in [9.17, 15) is 8.78 Å². The number of hydrogen-bond donors (Lipinski definition) is 2. The quantitative estimate of drug-likeness (QED) is 0.278. The van der Waals surface area contributed by atoms with E-state index in [1.54, 1.807) is 7.05 Å². The van der Waals surface area contributed by atoms with Crippen LogP contribution in [0.2, 0.25) is 0 Å². The van der Waals surface area contributed by atoms with E-state index in [0.717, 1.165) is 12.1 Å². The first-order valence-corrected chi connectivity index (χ1v) is 8.15. The highest BCUT2D eigenvalue weighted by molar-refractivity contribution is 14.0. The highest BCUT2D eigenvalue weighted by Crippen LogP contribution is 2.19. The Labute approximate surface area is 174 Å². The Balaban J connectivity index is 0.00000364. The standard InChI is InChI=1S/C17H23F2N5O2.HI/c1-17(2,3)15-23-14(24-26-15)10-22-16(20-4)21-7-8-25-13-6-5-11(18)9-12(13)19;/h5-6,9H,7-8,10H2,1-4H3,(H2,20,21,22);1H.